The van der Waals surface area contributed by atoms with Crippen molar-refractivity contribution < 1.29 is 18.3 Å². The first-order valence-corrected chi connectivity index (χ1v) is 10.4. The molecule has 7 heteroatoms. The van der Waals surface area contributed by atoms with Gasteiger partial charge >= 0.3 is 0 Å². The average Bonchev–Trinajstić information content (AvgIpc) is 2.71. The van der Waals surface area contributed by atoms with Gasteiger partial charge in [-0.05, 0) is 42.7 Å². The molecule has 0 amide bonds. The van der Waals surface area contributed by atoms with Crippen LogP contribution >= 0.6 is 0 Å². The van der Waals surface area contributed by atoms with Crippen molar-refractivity contribution in [2.24, 2.45) is 12.5 Å². The molecule has 0 spiro atoms. The van der Waals surface area contributed by atoms with Gasteiger partial charge in [-0.15, -0.1) is 0 Å². The zero-order chi connectivity index (χ0) is 23.5. The second-order valence-electron chi connectivity index (χ2n) is 8.74. The van der Waals surface area contributed by atoms with Crippen LogP contribution in [-0.2, 0) is 7.05 Å². The first-order chi connectivity index (χ1) is 15.1. The molecule has 32 heavy (non-hydrogen) atoms. The Hall–Kier alpha value is -3.35. The number of pyridine rings is 1. The summed E-state index contributed by atoms with van der Waals surface area (Å²) in [6.45, 7) is 9.28. The Balaban J connectivity index is 2.14. The van der Waals surface area contributed by atoms with E-state index in [1.54, 1.807) is 19.3 Å². The van der Waals surface area contributed by atoms with Crippen molar-refractivity contribution in [3.63, 3.8) is 0 Å². The molecule has 170 valence electrons. The standard InChI is InChI=1S/C25H28F2N2O3/c1-6-31-23-13-24(30)29(5)14-19(23)18-12-17(28-15-25(2,3)4)8-10-21(18)32-22-9-7-16(26)11-20(22)27/h7-14,28H,6,15H2,1-5H3. The average molecular weight is 443 g/mol. The first kappa shape index (κ1) is 23.3. The summed E-state index contributed by atoms with van der Waals surface area (Å²) >= 11 is 0. The maximum absolute atomic E-state index is 14.3. The molecular weight excluding hydrogens is 414 g/mol. The molecule has 0 radical (unpaired) electrons. The van der Waals surface area contributed by atoms with Gasteiger partial charge in [-0.2, -0.15) is 0 Å². The molecule has 0 aliphatic carbocycles. The highest BCUT2D eigenvalue weighted by Crippen LogP contribution is 2.40. The van der Waals surface area contributed by atoms with Crippen LogP contribution in [0, 0.1) is 17.0 Å². The number of hydrogen-bond donors (Lipinski definition) is 1. The van der Waals surface area contributed by atoms with E-state index < -0.39 is 11.6 Å². The van der Waals surface area contributed by atoms with E-state index in [1.807, 2.05) is 19.1 Å². The molecule has 0 saturated heterocycles. The molecule has 2 aromatic carbocycles. The minimum atomic E-state index is -0.809. The fraction of sp³-hybridized carbons (Fsp3) is 0.320. The molecule has 1 heterocycles. The number of rotatable bonds is 7. The lowest BCUT2D eigenvalue weighted by atomic mass is 9.96. The van der Waals surface area contributed by atoms with Gasteiger partial charge < -0.3 is 19.4 Å². The number of halogens is 2. The molecule has 0 unspecified atom stereocenters. The molecule has 0 saturated carbocycles. The van der Waals surface area contributed by atoms with E-state index in [-0.39, 0.29) is 16.7 Å². The number of hydrogen-bond acceptors (Lipinski definition) is 4. The molecular formula is C25H28F2N2O3. The third-order valence-electron chi connectivity index (χ3n) is 4.70. The molecule has 0 atom stereocenters. The number of nitrogens with one attached hydrogen (secondary N) is 1. The van der Waals surface area contributed by atoms with E-state index in [2.05, 4.69) is 26.1 Å². The summed E-state index contributed by atoms with van der Waals surface area (Å²) < 4.78 is 40.6. The van der Waals surface area contributed by atoms with Gasteiger partial charge in [-0.3, -0.25) is 4.79 Å². The fourth-order valence-corrected chi connectivity index (χ4v) is 3.07. The predicted molar refractivity (Wildman–Crippen MR) is 123 cm³/mol. The van der Waals surface area contributed by atoms with Crippen LogP contribution in [0.25, 0.3) is 11.1 Å². The second-order valence-corrected chi connectivity index (χ2v) is 8.74. The van der Waals surface area contributed by atoms with Gasteiger partial charge in [-0.25, -0.2) is 8.78 Å². The minimum Gasteiger partial charge on any atom is -0.493 e. The lowest BCUT2D eigenvalue weighted by Crippen LogP contribution is -2.19. The van der Waals surface area contributed by atoms with Crippen LogP contribution < -0.4 is 20.3 Å². The van der Waals surface area contributed by atoms with Crippen molar-refractivity contribution >= 4 is 5.69 Å². The van der Waals surface area contributed by atoms with Gasteiger partial charge in [0.25, 0.3) is 5.56 Å². The number of ether oxygens (including phenoxy) is 2. The molecule has 1 N–H and O–H groups in total. The number of nitrogens with zero attached hydrogens (tertiary/aromatic N) is 1. The van der Waals surface area contributed by atoms with E-state index >= 15 is 0 Å². The summed E-state index contributed by atoms with van der Waals surface area (Å²) in [5, 5.41) is 3.39. The molecule has 1 aromatic heterocycles. The summed E-state index contributed by atoms with van der Waals surface area (Å²) in [6, 6.07) is 9.96. The smallest absolute Gasteiger partial charge is 0.254 e. The highest BCUT2D eigenvalue weighted by atomic mass is 19.1. The van der Waals surface area contributed by atoms with Crippen molar-refractivity contribution in [1.82, 2.24) is 4.57 Å². The number of aromatic nitrogens is 1. The van der Waals surface area contributed by atoms with E-state index in [0.29, 0.717) is 29.2 Å². The van der Waals surface area contributed by atoms with Crippen LogP contribution in [0.5, 0.6) is 17.2 Å². The Kier molecular flexibility index (Phi) is 6.87. The van der Waals surface area contributed by atoms with Crippen LogP contribution in [0.3, 0.4) is 0 Å². The summed E-state index contributed by atoms with van der Waals surface area (Å²) in [4.78, 5) is 12.2. The van der Waals surface area contributed by atoms with Gasteiger partial charge in [0.05, 0.1) is 6.61 Å². The quantitative estimate of drug-likeness (QED) is 0.489. The van der Waals surface area contributed by atoms with Crippen LogP contribution in [0.1, 0.15) is 27.7 Å². The summed E-state index contributed by atoms with van der Waals surface area (Å²) in [5.74, 6) is -0.861. The highest BCUT2D eigenvalue weighted by molar-refractivity contribution is 5.78. The monoisotopic (exact) mass is 442 g/mol. The van der Waals surface area contributed by atoms with Gasteiger partial charge in [0.15, 0.2) is 11.6 Å². The van der Waals surface area contributed by atoms with Crippen LogP contribution in [0.2, 0.25) is 0 Å². The van der Waals surface area contributed by atoms with Crippen molar-refractivity contribution in [3.05, 3.63) is 70.6 Å². The Bertz CT molecular complexity index is 1170. The van der Waals surface area contributed by atoms with Gasteiger partial charge in [-0.1, -0.05) is 20.8 Å². The first-order valence-electron chi connectivity index (χ1n) is 10.4. The zero-order valence-electron chi connectivity index (χ0n) is 19.0. The molecule has 0 fully saturated rings. The maximum atomic E-state index is 14.3. The Morgan fingerprint density at radius 3 is 2.34 bits per heavy atom. The van der Waals surface area contributed by atoms with Gasteiger partial charge in [0.2, 0.25) is 0 Å². The van der Waals surface area contributed by atoms with Crippen molar-refractivity contribution in [1.29, 1.82) is 0 Å². The zero-order valence-corrected chi connectivity index (χ0v) is 19.0. The van der Waals surface area contributed by atoms with Crippen molar-refractivity contribution in [3.8, 4) is 28.4 Å². The second kappa shape index (κ2) is 9.42. The summed E-state index contributed by atoms with van der Waals surface area (Å²) in [5.41, 5.74) is 1.89. The summed E-state index contributed by atoms with van der Waals surface area (Å²) in [6.07, 6.45) is 1.66. The number of anilines is 1. The lowest BCUT2D eigenvalue weighted by molar-refractivity contribution is 0.340. The van der Waals surface area contributed by atoms with Crippen molar-refractivity contribution in [2.75, 3.05) is 18.5 Å². The van der Waals surface area contributed by atoms with Crippen LogP contribution in [0.4, 0.5) is 14.5 Å². The van der Waals surface area contributed by atoms with Gasteiger partial charge in [0.1, 0.15) is 17.3 Å². The number of benzene rings is 2. The molecule has 3 rings (SSSR count). The van der Waals surface area contributed by atoms with E-state index in [9.17, 15) is 13.6 Å². The fourth-order valence-electron chi connectivity index (χ4n) is 3.07. The summed E-state index contributed by atoms with van der Waals surface area (Å²) in [7, 11) is 1.64. The van der Waals surface area contributed by atoms with E-state index in [1.165, 1.54) is 16.7 Å². The Morgan fingerprint density at radius 1 is 0.969 bits per heavy atom. The Morgan fingerprint density at radius 2 is 1.69 bits per heavy atom. The third-order valence-corrected chi connectivity index (χ3v) is 4.70. The number of aryl methyl sites for hydroxylation is 1. The van der Waals surface area contributed by atoms with E-state index in [4.69, 9.17) is 9.47 Å². The van der Waals surface area contributed by atoms with E-state index in [0.717, 1.165) is 24.4 Å². The van der Waals surface area contributed by atoms with Crippen LogP contribution in [-0.4, -0.2) is 17.7 Å². The molecule has 0 aliphatic rings. The normalized spacial score (nSPS) is 11.3. The minimum absolute atomic E-state index is 0.0553. The lowest BCUT2D eigenvalue weighted by Gasteiger charge is -2.21. The van der Waals surface area contributed by atoms with Crippen molar-refractivity contribution in [2.45, 2.75) is 27.7 Å². The topological polar surface area (TPSA) is 52.5 Å². The maximum Gasteiger partial charge on any atom is 0.254 e. The molecule has 5 nitrogen and oxygen atoms in total. The third kappa shape index (κ3) is 5.66. The highest BCUT2D eigenvalue weighted by Gasteiger charge is 2.18. The van der Waals surface area contributed by atoms with Crippen LogP contribution in [0.15, 0.2) is 53.5 Å². The molecule has 0 bridgehead atoms. The largest absolute Gasteiger partial charge is 0.493 e. The Labute approximate surface area is 186 Å². The molecule has 0 aliphatic heterocycles. The SMILES string of the molecule is CCOc1cc(=O)n(C)cc1-c1cc(NCC(C)(C)C)ccc1Oc1ccc(F)cc1F. The molecule has 3 aromatic rings. The predicted octanol–water partition coefficient (Wildman–Crippen LogP) is 5.98. The van der Waals surface area contributed by atoms with Gasteiger partial charge in [0, 0.05) is 48.7 Å².